The molecule has 0 aromatic rings. The molecule has 2 heteroatoms. The summed E-state index contributed by atoms with van der Waals surface area (Å²) in [5.41, 5.74) is 4.26. The summed E-state index contributed by atoms with van der Waals surface area (Å²) in [6, 6.07) is 1.31. The van der Waals surface area contributed by atoms with Crippen molar-refractivity contribution in [2.75, 3.05) is 6.61 Å². The summed E-state index contributed by atoms with van der Waals surface area (Å²) >= 11 is 0. The molecule has 0 N–H and O–H groups in total. The lowest BCUT2D eigenvalue weighted by Gasteiger charge is -2.44. The van der Waals surface area contributed by atoms with E-state index in [2.05, 4.69) is 40.3 Å². The predicted octanol–water partition coefficient (Wildman–Crippen LogP) is 4.28. The molecule has 2 rings (SSSR count). The molecular formula is C14H24OSi. The van der Waals surface area contributed by atoms with E-state index in [1.807, 2.05) is 0 Å². The van der Waals surface area contributed by atoms with E-state index in [-0.39, 0.29) is 0 Å². The van der Waals surface area contributed by atoms with Gasteiger partial charge in [0.25, 0.3) is 0 Å². The molecule has 0 radical (unpaired) electrons. The van der Waals surface area contributed by atoms with E-state index in [1.165, 1.54) is 23.6 Å². The van der Waals surface area contributed by atoms with Crippen LogP contribution in [0.2, 0.25) is 17.1 Å². The van der Waals surface area contributed by atoms with Crippen LogP contribution in [-0.2, 0) is 4.43 Å². The highest BCUT2D eigenvalue weighted by Gasteiger charge is 2.48. The molecule has 16 heavy (non-hydrogen) atoms. The summed E-state index contributed by atoms with van der Waals surface area (Å²) < 4.78 is 6.38. The molecular weight excluding hydrogens is 212 g/mol. The number of hydrogen-bond acceptors (Lipinski definition) is 1. The highest BCUT2D eigenvalue weighted by Crippen LogP contribution is 2.48. The van der Waals surface area contributed by atoms with Crippen molar-refractivity contribution in [3.63, 3.8) is 0 Å². The largest absolute Gasteiger partial charge is 0.412 e. The molecule has 0 spiro atoms. The standard InChI is InChI=1S/C14H24OSi/c1-10(2)16(11(3)4)9-14-7-12(5)6-13(14)8-15-16/h6,10-11,14H,5,7-9H2,1-4H3. The zero-order valence-electron chi connectivity index (χ0n) is 11.0. The SMILES string of the molecule is C=C1C=C2CO[Si](C(C)C)(C(C)C)CC2C1. The van der Waals surface area contributed by atoms with Gasteiger partial charge in [0.2, 0.25) is 0 Å². The monoisotopic (exact) mass is 236 g/mol. The number of hydrogen-bond donors (Lipinski definition) is 0. The van der Waals surface area contributed by atoms with Crippen molar-refractivity contribution in [3.05, 3.63) is 23.8 Å². The average Bonchev–Trinajstić information content (AvgIpc) is 2.55. The van der Waals surface area contributed by atoms with Gasteiger partial charge in [-0.3, -0.25) is 0 Å². The number of fused-ring (bicyclic) bond motifs is 1. The summed E-state index contributed by atoms with van der Waals surface area (Å²) in [5, 5.41) is 0. The van der Waals surface area contributed by atoms with Crippen LogP contribution in [0.1, 0.15) is 34.1 Å². The number of rotatable bonds is 2. The minimum Gasteiger partial charge on any atom is -0.412 e. The molecule has 1 atom stereocenters. The molecule has 1 aliphatic carbocycles. The second-order valence-electron chi connectivity index (χ2n) is 6.04. The lowest BCUT2D eigenvalue weighted by Crippen LogP contribution is -2.49. The molecule has 1 heterocycles. The Kier molecular flexibility index (Phi) is 3.15. The summed E-state index contributed by atoms with van der Waals surface area (Å²) in [4.78, 5) is 0. The van der Waals surface area contributed by atoms with E-state index in [0.29, 0.717) is 0 Å². The summed E-state index contributed by atoms with van der Waals surface area (Å²) in [7, 11) is -1.53. The van der Waals surface area contributed by atoms with Gasteiger partial charge in [0.1, 0.15) is 0 Å². The molecule has 2 aliphatic rings. The summed E-state index contributed by atoms with van der Waals surface area (Å²) in [6.07, 6.45) is 3.45. The van der Waals surface area contributed by atoms with Crippen molar-refractivity contribution in [2.45, 2.75) is 51.2 Å². The van der Waals surface area contributed by atoms with Crippen LogP contribution in [0.15, 0.2) is 23.8 Å². The Morgan fingerprint density at radius 1 is 1.31 bits per heavy atom. The fraction of sp³-hybridized carbons (Fsp3) is 0.714. The first-order chi connectivity index (χ1) is 7.45. The third kappa shape index (κ3) is 1.82. The fourth-order valence-corrected chi connectivity index (χ4v) is 8.06. The van der Waals surface area contributed by atoms with Gasteiger partial charge in [0.05, 0.1) is 6.61 Å². The van der Waals surface area contributed by atoms with Crippen molar-refractivity contribution in [2.24, 2.45) is 5.92 Å². The highest BCUT2D eigenvalue weighted by atomic mass is 28.4. The molecule has 1 nitrogen and oxygen atoms in total. The van der Waals surface area contributed by atoms with Crippen LogP contribution >= 0.6 is 0 Å². The first-order valence-corrected chi connectivity index (χ1v) is 8.75. The van der Waals surface area contributed by atoms with Gasteiger partial charge in [-0.25, -0.2) is 0 Å². The van der Waals surface area contributed by atoms with Crippen LogP contribution < -0.4 is 0 Å². The second-order valence-corrected chi connectivity index (χ2v) is 11.0. The van der Waals surface area contributed by atoms with E-state index >= 15 is 0 Å². The Labute approximate surface area is 101 Å². The van der Waals surface area contributed by atoms with Crippen LogP contribution in [0.25, 0.3) is 0 Å². The summed E-state index contributed by atoms with van der Waals surface area (Å²) in [6.45, 7) is 14.4. The third-order valence-electron chi connectivity index (χ3n) is 4.45. The van der Waals surface area contributed by atoms with Crippen LogP contribution in [0.5, 0.6) is 0 Å². The van der Waals surface area contributed by atoms with Gasteiger partial charge in [0.15, 0.2) is 8.32 Å². The molecule has 1 saturated heterocycles. The van der Waals surface area contributed by atoms with E-state index in [0.717, 1.165) is 23.6 Å². The topological polar surface area (TPSA) is 9.23 Å². The minimum absolute atomic E-state index is 0.725. The molecule has 0 bridgehead atoms. The zero-order chi connectivity index (χ0) is 11.9. The lowest BCUT2D eigenvalue weighted by molar-refractivity contribution is 0.275. The minimum atomic E-state index is -1.53. The van der Waals surface area contributed by atoms with Crippen molar-refractivity contribution in [1.82, 2.24) is 0 Å². The average molecular weight is 236 g/mol. The Balaban J connectivity index is 2.21. The second kappa shape index (κ2) is 4.15. The Morgan fingerprint density at radius 2 is 1.94 bits per heavy atom. The maximum absolute atomic E-state index is 6.38. The van der Waals surface area contributed by atoms with Gasteiger partial charge in [-0.1, -0.05) is 45.9 Å². The van der Waals surface area contributed by atoms with Crippen LogP contribution in [-0.4, -0.2) is 14.9 Å². The van der Waals surface area contributed by atoms with Crippen molar-refractivity contribution in [1.29, 1.82) is 0 Å². The quantitative estimate of drug-likeness (QED) is 0.650. The smallest absolute Gasteiger partial charge is 0.198 e. The molecule has 1 fully saturated rings. The van der Waals surface area contributed by atoms with Gasteiger partial charge >= 0.3 is 0 Å². The van der Waals surface area contributed by atoms with E-state index < -0.39 is 8.32 Å². The maximum atomic E-state index is 6.38. The summed E-state index contributed by atoms with van der Waals surface area (Å²) in [5.74, 6) is 0.762. The maximum Gasteiger partial charge on any atom is 0.198 e. The predicted molar refractivity (Wildman–Crippen MR) is 72.0 cm³/mol. The van der Waals surface area contributed by atoms with Crippen molar-refractivity contribution in [3.8, 4) is 0 Å². The molecule has 1 unspecified atom stereocenters. The third-order valence-corrected chi connectivity index (χ3v) is 10.2. The van der Waals surface area contributed by atoms with E-state index in [4.69, 9.17) is 4.43 Å². The first kappa shape index (κ1) is 12.1. The molecule has 0 amide bonds. The Bertz CT molecular complexity index is 320. The normalized spacial score (nSPS) is 28.5. The molecule has 0 aromatic carbocycles. The fourth-order valence-electron chi connectivity index (χ4n) is 3.38. The zero-order valence-corrected chi connectivity index (χ0v) is 12.0. The van der Waals surface area contributed by atoms with Gasteiger partial charge in [-0.15, -0.1) is 0 Å². The van der Waals surface area contributed by atoms with Crippen LogP contribution in [0.4, 0.5) is 0 Å². The molecule has 1 aliphatic heterocycles. The molecule has 90 valence electrons. The van der Waals surface area contributed by atoms with Gasteiger partial charge in [-0.2, -0.15) is 0 Å². The highest BCUT2D eigenvalue weighted by molar-refractivity contribution is 6.76. The van der Waals surface area contributed by atoms with E-state index in [9.17, 15) is 0 Å². The van der Waals surface area contributed by atoms with E-state index in [1.54, 1.807) is 0 Å². The number of allylic oxidation sites excluding steroid dienone is 2. The van der Waals surface area contributed by atoms with Gasteiger partial charge in [0, 0.05) is 0 Å². The van der Waals surface area contributed by atoms with Gasteiger partial charge in [-0.05, 0) is 35.0 Å². The first-order valence-electron chi connectivity index (χ1n) is 6.48. The van der Waals surface area contributed by atoms with Crippen molar-refractivity contribution >= 4 is 8.32 Å². The van der Waals surface area contributed by atoms with Crippen molar-refractivity contribution < 1.29 is 4.43 Å². The Morgan fingerprint density at radius 3 is 2.50 bits per heavy atom. The van der Waals surface area contributed by atoms with Crippen LogP contribution in [0, 0.1) is 5.92 Å². The van der Waals surface area contributed by atoms with Gasteiger partial charge < -0.3 is 4.43 Å². The lowest BCUT2D eigenvalue weighted by atomic mass is 10.0. The molecule has 0 aromatic heterocycles. The molecule has 0 saturated carbocycles. The Hall–Kier alpha value is -0.343. The van der Waals surface area contributed by atoms with Crippen LogP contribution in [0.3, 0.4) is 0 Å².